The highest BCUT2D eigenvalue weighted by molar-refractivity contribution is 6.34. The molecule has 1 amide bonds. The van der Waals surface area contributed by atoms with E-state index in [1.807, 2.05) is 0 Å². The average molecular weight is 288 g/mol. The van der Waals surface area contributed by atoms with E-state index in [1.165, 1.54) is 11.0 Å². The zero-order valence-corrected chi connectivity index (χ0v) is 11.6. The van der Waals surface area contributed by atoms with Gasteiger partial charge in [-0.2, -0.15) is 0 Å². The monoisotopic (exact) mass is 287 g/mol. The number of hydrogen-bond donors (Lipinski definition) is 1. The first-order valence-corrected chi connectivity index (χ1v) is 6.29. The van der Waals surface area contributed by atoms with Gasteiger partial charge < -0.3 is 10.0 Å². The third-order valence-electron chi connectivity index (χ3n) is 2.39. The Balaban J connectivity index is 2.68. The summed E-state index contributed by atoms with van der Waals surface area (Å²) in [6.07, 6.45) is 3.63. The van der Waals surface area contributed by atoms with Gasteiger partial charge in [0.2, 0.25) is 5.91 Å². The van der Waals surface area contributed by atoms with Gasteiger partial charge in [-0.3, -0.25) is 4.79 Å². The lowest BCUT2D eigenvalue weighted by Gasteiger charge is -2.13. The van der Waals surface area contributed by atoms with Crippen molar-refractivity contribution in [2.45, 2.75) is 6.42 Å². The molecule has 18 heavy (non-hydrogen) atoms. The second kappa shape index (κ2) is 7.41. The highest BCUT2D eigenvalue weighted by atomic mass is 35.5. The van der Waals surface area contributed by atoms with E-state index in [0.717, 1.165) is 0 Å². The molecular formula is C13H15Cl2NO2. The Morgan fingerprint density at radius 1 is 1.44 bits per heavy atom. The van der Waals surface area contributed by atoms with Crippen LogP contribution in [0.5, 0.6) is 0 Å². The van der Waals surface area contributed by atoms with Crippen LogP contribution in [-0.4, -0.2) is 36.1 Å². The molecule has 0 radical (unpaired) electrons. The molecule has 0 bridgehead atoms. The minimum Gasteiger partial charge on any atom is -0.396 e. The quantitative estimate of drug-likeness (QED) is 0.846. The Morgan fingerprint density at radius 3 is 2.83 bits per heavy atom. The molecule has 1 aromatic rings. The lowest BCUT2D eigenvalue weighted by molar-refractivity contribution is -0.124. The molecule has 1 aromatic carbocycles. The van der Waals surface area contributed by atoms with Gasteiger partial charge in [-0.15, -0.1) is 0 Å². The van der Waals surface area contributed by atoms with Crippen molar-refractivity contribution in [2.75, 3.05) is 20.2 Å². The molecule has 0 atom stereocenters. The fraction of sp³-hybridized carbons (Fsp3) is 0.308. The van der Waals surface area contributed by atoms with Crippen LogP contribution >= 0.6 is 23.2 Å². The summed E-state index contributed by atoms with van der Waals surface area (Å²) in [6.45, 7) is 0.588. The highest BCUT2D eigenvalue weighted by Crippen LogP contribution is 2.21. The van der Waals surface area contributed by atoms with Gasteiger partial charge in [0.1, 0.15) is 0 Å². The number of hydrogen-bond acceptors (Lipinski definition) is 2. The fourth-order valence-corrected chi connectivity index (χ4v) is 1.71. The number of carbonyl (C=O) groups excluding carboxylic acids is 1. The SMILES string of the molecule is CN(CCCO)C(=O)/C=C/c1cc(Cl)ccc1Cl. The maximum atomic E-state index is 11.7. The summed E-state index contributed by atoms with van der Waals surface area (Å²) in [5.74, 6) is -0.139. The summed E-state index contributed by atoms with van der Waals surface area (Å²) in [7, 11) is 1.68. The van der Waals surface area contributed by atoms with Gasteiger partial charge in [0.05, 0.1) is 0 Å². The molecule has 0 aliphatic rings. The van der Waals surface area contributed by atoms with Crippen molar-refractivity contribution >= 4 is 35.2 Å². The zero-order chi connectivity index (χ0) is 13.5. The van der Waals surface area contributed by atoms with Crippen LogP contribution in [-0.2, 0) is 4.79 Å². The van der Waals surface area contributed by atoms with Gasteiger partial charge in [0, 0.05) is 36.3 Å². The molecule has 1 rings (SSSR count). The predicted molar refractivity (Wildman–Crippen MR) is 74.8 cm³/mol. The van der Waals surface area contributed by atoms with Crippen LogP contribution in [0.1, 0.15) is 12.0 Å². The van der Waals surface area contributed by atoms with E-state index < -0.39 is 0 Å². The van der Waals surface area contributed by atoms with Gasteiger partial charge in [0.25, 0.3) is 0 Å². The molecule has 0 aromatic heterocycles. The van der Waals surface area contributed by atoms with Gasteiger partial charge in [-0.25, -0.2) is 0 Å². The zero-order valence-electron chi connectivity index (χ0n) is 10.1. The van der Waals surface area contributed by atoms with Gasteiger partial charge in [0.15, 0.2) is 0 Å². The standard InChI is InChI=1S/C13H15Cl2NO2/c1-16(7-2-8-17)13(18)6-3-10-9-11(14)4-5-12(10)15/h3-6,9,17H,2,7-8H2,1H3/b6-3+. The first kappa shape index (κ1) is 15.0. The fourth-order valence-electron chi connectivity index (χ4n) is 1.35. The molecule has 0 aliphatic carbocycles. The van der Waals surface area contributed by atoms with E-state index in [1.54, 1.807) is 31.3 Å². The van der Waals surface area contributed by atoms with E-state index in [2.05, 4.69) is 0 Å². The second-order valence-corrected chi connectivity index (χ2v) is 4.68. The summed E-state index contributed by atoms with van der Waals surface area (Å²) < 4.78 is 0. The molecule has 0 fully saturated rings. The number of rotatable bonds is 5. The number of likely N-dealkylation sites (N-methyl/N-ethyl adjacent to an activating group) is 1. The summed E-state index contributed by atoms with van der Waals surface area (Å²) in [5.41, 5.74) is 0.702. The van der Waals surface area contributed by atoms with Crippen molar-refractivity contribution in [1.29, 1.82) is 0 Å². The van der Waals surface area contributed by atoms with Crippen LogP contribution in [0.4, 0.5) is 0 Å². The molecule has 3 nitrogen and oxygen atoms in total. The Hall–Kier alpha value is -1.03. The Kier molecular flexibility index (Phi) is 6.19. The van der Waals surface area contributed by atoms with Crippen molar-refractivity contribution in [3.05, 3.63) is 39.9 Å². The van der Waals surface area contributed by atoms with Crippen molar-refractivity contribution < 1.29 is 9.90 Å². The molecule has 5 heteroatoms. The Bertz CT molecular complexity index is 447. The van der Waals surface area contributed by atoms with Gasteiger partial charge in [-0.05, 0) is 36.3 Å². The number of carbonyl (C=O) groups is 1. The highest BCUT2D eigenvalue weighted by Gasteiger charge is 2.04. The van der Waals surface area contributed by atoms with Crippen LogP contribution in [0, 0.1) is 0 Å². The summed E-state index contributed by atoms with van der Waals surface area (Å²) in [5, 5.41) is 9.80. The first-order valence-electron chi connectivity index (χ1n) is 5.53. The smallest absolute Gasteiger partial charge is 0.246 e. The van der Waals surface area contributed by atoms with Crippen LogP contribution in [0.15, 0.2) is 24.3 Å². The third-order valence-corrected chi connectivity index (χ3v) is 2.97. The van der Waals surface area contributed by atoms with Gasteiger partial charge in [-0.1, -0.05) is 23.2 Å². The molecule has 0 saturated heterocycles. The second-order valence-electron chi connectivity index (χ2n) is 3.84. The number of halogens is 2. The largest absolute Gasteiger partial charge is 0.396 e. The molecule has 0 unspecified atom stereocenters. The van der Waals surface area contributed by atoms with E-state index in [9.17, 15) is 4.79 Å². The number of nitrogens with zero attached hydrogens (tertiary/aromatic N) is 1. The predicted octanol–water partition coefficient (Wildman–Crippen LogP) is 2.85. The summed E-state index contributed by atoms with van der Waals surface area (Å²) in [6, 6.07) is 5.07. The van der Waals surface area contributed by atoms with Gasteiger partial charge >= 0.3 is 0 Å². The maximum Gasteiger partial charge on any atom is 0.246 e. The molecule has 0 spiro atoms. The lowest BCUT2D eigenvalue weighted by Crippen LogP contribution is -2.26. The van der Waals surface area contributed by atoms with E-state index in [0.29, 0.717) is 28.6 Å². The van der Waals surface area contributed by atoms with Crippen molar-refractivity contribution in [1.82, 2.24) is 4.90 Å². The van der Waals surface area contributed by atoms with Crippen molar-refractivity contribution in [3.8, 4) is 0 Å². The molecule has 98 valence electrons. The third kappa shape index (κ3) is 4.69. The maximum absolute atomic E-state index is 11.7. The van der Waals surface area contributed by atoms with Crippen LogP contribution in [0.2, 0.25) is 10.0 Å². The van der Waals surface area contributed by atoms with Crippen molar-refractivity contribution in [2.24, 2.45) is 0 Å². The summed E-state index contributed by atoms with van der Waals surface area (Å²) >= 11 is 11.8. The topological polar surface area (TPSA) is 40.5 Å². The first-order chi connectivity index (χ1) is 8.54. The van der Waals surface area contributed by atoms with Crippen molar-refractivity contribution in [3.63, 3.8) is 0 Å². The average Bonchev–Trinajstić information content (AvgIpc) is 2.36. The molecule has 0 saturated carbocycles. The minimum atomic E-state index is -0.139. The number of benzene rings is 1. The molecule has 0 heterocycles. The van der Waals surface area contributed by atoms with Crippen LogP contribution in [0.25, 0.3) is 6.08 Å². The van der Waals surface area contributed by atoms with Crippen LogP contribution in [0.3, 0.4) is 0 Å². The van der Waals surface area contributed by atoms with E-state index in [-0.39, 0.29) is 12.5 Å². The van der Waals surface area contributed by atoms with E-state index >= 15 is 0 Å². The van der Waals surface area contributed by atoms with E-state index in [4.69, 9.17) is 28.3 Å². The number of aliphatic hydroxyl groups excluding tert-OH is 1. The molecular weight excluding hydrogens is 273 g/mol. The normalized spacial score (nSPS) is 10.9. The molecule has 1 N–H and O–H groups in total. The minimum absolute atomic E-state index is 0.0709. The summed E-state index contributed by atoms with van der Waals surface area (Å²) in [4.78, 5) is 13.2. The Morgan fingerprint density at radius 2 is 2.17 bits per heavy atom. The van der Waals surface area contributed by atoms with Crippen LogP contribution < -0.4 is 0 Å². The molecule has 0 aliphatic heterocycles. The number of aliphatic hydroxyl groups is 1. The Labute approximate surface area is 117 Å². The lowest BCUT2D eigenvalue weighted by atomic mass is 10.2. The number of amides is 1.